The zero-order chi connectivity index (χ0) is 31.8. The van der Waals surface area contributed by atoms with Gasteiger partial charge >= 0.3 is 0 Å². The topological polar surface area (TPSA) is 134 Å². The van der Waals surface area contributed by atoms with E-state index in [4.69, 9.17) is 16.3 Å². The van der Waals surface area contributed by atoms with Gasteiger partial charge in [-0.05, 0) is 102 Å². The molecule has 2 fully saturated rings. The Bertz CT molecular complexity index is 1600. The van der Waals surface area contributed by atoms with Crippen LogP contribution < -0.4 is 15.4 Å². The Kier molecular flexibility index (Phi) is 9.46. The number of rotatable bonds is 11. The number of sulfone groups is 1. The maximum atomic E-state index is 12.9. The van der Waals surface area contributed by atoms with Crippen LogP contribution in [0.1, 0.15) is 76.8 Å². The number of likely N-dealkylation sites (tertiary alicyclic amines) is 1. The van der Waals surface area contributed by atoms with E-state index >= 15 is 0 Å². The number of benzene rings is 1. The fourth-order valence-electron chi connectivity index (χ4n) is 5.64. The highest BCUT2D eigenvalue weighted by molar-refractivity contribution is 7.92. The van der Waals surface area contributed by atoms with Crippen LogP contribution in [-0.4, -0.2) is 74.8 Å². The van der Waals surface area contributed by atoms with Crippen LogP contribution in [0.2, 0.25) is 5.02 Å². The van der Waals surface area contributed by atoms with Crippen LogP contribution in [-0.2, 0) is 16.9 Å². The fourth-order valence-corrected chi connectivity index (χ4v) is 6.88. The Morgan fingerprint density at radius 3 is 2.57 bits per heavy atom. The minimum Gasteiger partial charge on any atom is -0.488 e. The summed E-state index contributed by atoms with van der Waals surface area (Å²) in [4.78, 5) is 11.4. The number of anilines is 4. The summed E-state index contributed by atoms with van der Waals surface area (Å²) in [6, 6.07) is 4.24. The summed E-state index contributed by atoms with van der Waals surface area (Å²) in [5.74, 6) is 1.61. The molecule has 1 saturated heterocycles. The van der Waals surface area contributed by atoms with Crippen molar-refractivity contribution in [2.24, 2.45) is 7.05 Å². The largest absolute Gasteiger partial charge is 0.488 e. The molecule has 3 heterocycles. The molecule has 1 saturated carbocycles. The molecule has 11 nitrogen and oxygen atoms in total. The van der Waals surface area contributed by atoms with E-state index in [9.17, 15) is 13.5 Å². The minimum atomic E-state index is -3.65. The second kappa shape index (κ2) is 12.8. The van der Waals surface area contributed by atoms with E-state index in [2.05, 4.69) is 63.5 Å². The molecule has 0 radical (unpaired) electrons. The van der Waals surface area contributed by atoms with Gasteiger partial charge in [-0.1, -0.05) is 11.6 Å². The molecule has 3 N–H and O–H groups in total. The molecule has 44 heavy (non-hydrogen) atoms. The van der Waals surface area contributed by atoms with E-state index in [-0.39, 0.29) is 45.8 Å². The summed E-state index contributed by atoms with van der Waals surface area (Å²) in [7, 11) is -1.99. The van der Waals surface area contributed by atoms with Gasteiger partial charge < -0.3 is 20.5 Å². The quantitative estimate of drug-likeness (QED) is 0.238. The van der Waals surface area contributed by atoms with Crippen LogP contribution in [0, 0.1) is 6.92 Å². The van der Waals surface area contributed by atoms with Gasteiger partial charge in [0.25, 0.3) is 0 Å². The van der Waals surface area contributed by atoms with Crippen LogP contribution >= 0.6 is 11.6 Å². The molecule has 0 spiro atoms. The zero-order valence-corrected chi connectivity index (χ0v) is 28.0. The predicted octanol–water partition coefficient (Wildman–Crippen LogP) is 5.72. The molecule has 5 rings (SSSR count). The van der Waals surface area contributed by atoms with E-state index in [0.29, 0.717) is 5.92 Å². The van der Waals surface area contributed by atoms with Crippen LogP contribution in [0.15, 0.2) is 29.6 Å². The van der Waals surface area contributed by atoms with E-state index in [0.717, 1.165) is 62.2 Å². The highest BCUT2D eigenvalue weighted by Gasteiger charge is 2.33. The standard InChI is InChI=1S/C31H44ClN7O4S/c1-19(2)44(41,42)29-26(17-38(6)37-29)34-28-24(32)15-33-30(36-28)35-25-13-20(3)23(14-27(25)43-22-10-7-11-22)21-9-8-12-39(16-21)31(4,5)18-40/h13-15,17,19,21-22,40H,7-12,16,18H2,1-6H3,(H2,33,34,35,36). The summed E-state index contributed by atoms with van der Waals surface area (Å²) in [6.45, 7) is 11.5. The average Bonchev–Trinajstić information content (AvgIpc) is 3.34. The number of nitrogens with zero attached hydrogens (tertiary/aromatic N) is 5. The molecule has 240 valence electrons. The number of hydrogen-bond donors (Lipinski definition) is 3. The first-order valence-corrected chi connectivity index (χ1v) is 17.2. The van der Waals surface area contributed by atoms with Crippen LogP contribution in [0.25, 0.3) is 0 Å². The van der Waals surface area contributed by atoms with Crippen LogP contribution in [0.5, 0.6) is 5.75 Å². The molecular formula is C31H44ClN7O4S. The summed E-state index contributed by atoms with van der Waals surface area (Å²) < 4.78 is 33.8. The lowest BCUT2D eigenvalue weighted by Crippen LogP contribution is -2.50. The van der Waals surface area contributed by atoms with E-state index in [1.807, 2.05) is 0 Å². The zero-order valence-electron chi connectivity index (χ0n) is 26.4. The molecule has 1 aromatic carbocycles. The molecule has 0 bridgehead atoms. The van der Waals surface area contributed by atoms with Gasteiger partial charge in [0, 0.05) is 25.3 Å². The van der Waals surface area contributed by atoms with Crippen molar-refractivity contribution in [2.75, 3.05) is 30.3 Å². The molecule has 1 aliphatic carbocycles. The van der Waals surface area contributed by atoms with E-state index < -0.39 is 15.1 Å². The monoisotopic (exact) mass is 645 g/mol. The first kappa shape index (κ1) is 32.5. The Hall–Kier alpha value is -2.93. The smallest absolute Gasteiger partial charge is 0.229 e. The molecule has 1 atom stereocenters. The van der Waals surface area contributed by atoms with Gasteiger partial charge in [0.2, 0.25) is 20.8 Å². The van der Waals surface area contributed by atoms with E-state index in [1.165, 1.54) is 16.4 Å². The van der Waals surface area contributed by atoms with Crippen molar-refractivity contribution in [3.8, 4) is 5.75 Å². The van der Waals surface area contributed by atoms with Gasteiger partial charge in [0.15, 0.2) is 5.82 Å². The summed E-state index contributed by atoms with van der Waals surface area (Å²) in [6.07, 6.45) is 8.55. The molecule has 0 amide bonds. The number of halogens is 1. The third-order valence-electron chi connectivity index (χ3n) is 8.75. The van der Waals surface area contributed by atoms with Gasteiger partial charge in [0.05, 0.1) is 35.5 Å². The molecule has 2 aliphatic rings. The van der Waals surface area contributed by atoms with Crippen molar-refractivity contribution in [3.05, 3.63) is 40.7 Å². The lowest BCUT2D eigenvalue weighted by Gasteiger charge is -2.43. The average molecular weight is 646 g/mol. The number of aromatic nitrogens is 4. The maximum absolute atomic E-state index is 12.9. The van der Waals surface area contributed by atoms with Crippen molar-refractivity contribution >= 4 is 44.6 Å². The SMILES string of the molecule is Cc1cc(Nc2ncc(Cl)c(Nc3cn(C)nc3S(=O)(=O)C(C)C)n2)c(OC2CCC2)cc1C1CCCN(C(C)(C)CO)C1. The fraction of sp³-hybridized carbons (Fsp3) is 0.581. The Morgan fingerprint density at radius 2 is 1.91 bits per heavy atom. The molecular weight excluding hydrogens is 602 g/mol. The van der Waals surface area contributed by atoms with Crippen molar-refractivity contribution in [2.45, 2.75) is 94.6 Å². The number of aliphatic hydroxyl groups excluding tert-OH is 1. The normalized spacial score (nSPS) is 18.3. The first-order valence-electron chi connectivity index (χ1n) is 15.3. The molecule has 3 aromatic rings. The van der Waals surface area contributed by atoms with E-state index in [1.54, 1.807) is 27.1 Å². The Balaban J connectivity index is 1.44. The van der Waals surface area contributed by atoms with Crippen molar-refractivity contribution in [1.82, 2.24) is 24.6 Å². The maximum Gasteiger partial charge on any atom is 0.229 e. The predicted molar refractivity (Wildman–Crippen MR) is 173 cm³/mol. The lowest BCUT2D eigenvalue weighted by atomic mass is 9.85. The number of aryl methyl sites for hydroxylation is 2. The van der Waals surface area contributed by atoms with Gasteiger partial charge in [-0.2, -0.15) is 10.1 Å². The van der Waals surface area contributed by atoms with Gasteiger partial charge in [-0.15, -0.1) is 0 Å². The first-order chi connectivity index (χ1) is 20.8. The number of hydrogen-bond acceptors (Lipinski definition) is 10. The number of nitrogens with one attached hydrogen (secondary N) is 2. The number of aliphatic hydroxyl groups is 1. The Labute approximate surface area is 265 Å². The highest BCUT2D eigenvalue weighted by Crippen LogP contribution is 2.40. The second-order valence-electron chi connectivity index (χ2n) is 12.9. The molecule has 13 heteroatoms. The van der Waals surface area contributed by atoms with Crippen molar-refractivity contribution in [1.29, 1.82) is 0 Å². The van der Waals surface area contributed by atoms with Gasteiger partial charge in [0.1, 0.15) is 10.8 Å². The van der Waals surface area contributed by atoms with Gasteiger partial charge in [-0.25, -0.2) is 13.4 Å². The third-order valence-corrected chi connectivity index (χ3v) is 11.1. The van der Waals surface area contributed by atoms with Crippen LogP contribution in [0.4, 0.5) is 23.1 Å². The summed E-state index contributed by atoms with van der Waals surface area (Å²) >= 11 is 6.46. The Morgan fingerprint density at radius 1 is 1.16 bits per heavy atom. The van der Waals surface area contributed by atoms with Gasteiger partial charge in [-0.3, -0.25) is 9.58 Å². The van der Waals surface area contributed by atoms with Crippen molar-refractivity contribution < 1.29 is 18.3 Å². The van der Waals surface area contributed by atoms with Crippen LogP contribution in [0.3, 0.4) is 0 Å². The minimum absolute atomic E-state index is 0.0646. The summed E-state index contributed by atoms with van der Waals surface area (Å²) in [5, 5.41) is 20.1. The summed E-state index contributed by atoms with van der Waals surface area (Å²) in [5.41, 5.74) is 3.14. The molecule has 2 aromatic heterocycles. The number of piperidine rings is 1. The molecule has 1 unspecified atom stereocenters. The molecule has 1 aliphatic heterocycles. The van der Waals surface area contributed by atoms with Crippen molar-refractivity contribution in [3.63, 3.8) is 0 Å². The number of ether oxygens (including phenoxy) is 1. The lowest BCUT2D eigenvalue weighted by molar-refractivity contribution is 0.0355. The second-order valence-corrected chi connectivity index (χ2v) is 15.7. The highest BCUT2D eigenvalue weighted by atomic mass is 35.5. The third kappa shape index (κ3) is 6.83.